The van der Waals surface area contributed by atoms with E-state index in [1.807, 2.05) is 0 Å². The normalized spacial score (nSPS) is 12.2. The Morgan fingerprint density at radius 2 is 1.59 bits per heavy atom. The first kappa shape index (κ1) is 16.3. The van der Waals surface area contributed by atoms with E-state index in [0.717, 1.165) is 36.6 Å². The van der Waals surface area contributed by atoms with Gasteiger partial charge in [-0.25, -0.2) is 12.8 Å². The van der Waals surface area contributed by atoms with E-state index in [1.54, 1.807) is 0 Å². The van der Waals surface area contributed by atoms with Crippen molar-refractivity contribution in [3.8, 4) is 11.1 Å². The number of hydrogen-bond acceptors (Lipinski definition) is 2. The summed E-state index contributed by atoms with van der Waals surface area (Å²) >= 11 is 0. The predicted octanol–water partition coefficient (Wildman–Crippen LogP) is 3.88. The molecule has 0 aliphatic rings. The zero-order valence-electron chi connectivity index (χ0n) is 11.3. The quantitative estimate of drug-likeness (QED) is 0.867. The van der Waals surface area contributed by atoms with E-state index in [0.29, 0.717) is 0 Å². The van der Waals surface area contributed by atoms with Gasteiger partial charge in [-0.2, -0.15) is 13.2 Å². The average molecular weight is 333 g/mol. The third-order valence-corrected chi connectivity index (χ3v) is 3.40. The topological polar surface area (TPSA) is 46.2 Å². The van der Waals surface area contributed by atoms with Crippen LogP contribution in [0.1, 0.15) is 5.56 Å². The summed E-state index contributed by atoms with van der Waals surface area (Å²) in [6.07, 6.45) is -3.53. The molecule has 0 spiro atoms. The summed E-state index contributed by atoms with van der Waals surface area (Å²) < 4.78 is 75.6. The van der Waals surface area contributed by atoms with E-state index >= 15 is 0 Å². The summed E-state index contributed by atoms with van der Waals surface area (Å²) in [6, 6.07) is 7.63. The Balaban J connectivity index is 2.34. The van der Waals surface area contributed by atoms with E-state index in [4.69, 9.17) is 0 Å². The molecule has 8 heteroatoms. The van der Waals surface area contributed by atoms with Gasteiger partial charge in [0.15, 0.2) is 0 Å². The van der Waals surface area contributed by atoms with Crippen LogP contribution in [0.2, 0.25) is 0 Å². The van der Waals surface area contributed by atoms with Crippen LogP contribution in [0.4, 0.5) is 23.2 Å². The monoisotopic (exact) mass is 333 g/mol. The zero-order chi connectivity index (χ0) is 16.5. The fourth-order valence-corrected chi connectivity index (χ4v) is 2.42. The predicted molar refractivity (Wildman–Crippen MR) is 75.3 cm³/mol. The maximum atomic E-state index is 14.0. The Kier molecular flexibility index (Phi) is 4.15. The number of hydrogen-bond donors (Lipinski definition) is 1. The molecule has 0 saturated carbocycles. The van der Waals surface area contributed by atoms with E-state index in [2.05, 4.69) is 4.72 Å². The van der Waals surface area contributed by atoms with E-state index in [9.17, 15) is 26.0 Å². The van der Waals surface area contributed by atoms with Crippen LogP contribution in [0.25, 0.3) is 11.1 Å². The van der Waals surface area contributed by atoms with Crippen LogP contribution in [0, 0.1) is 5.82 Å². The van der Waals surface area contributed by atoms with Gasteiger partial charge in [0.25, 0.3) is 0 Å². The Bertz CT molecular complexity index is 783. The minimum absolute atomic E-state index is 0.0376. The van der Waals surface area contributed by atoms with E-state index in [1.165, 1.54) is 12.1 Å². The molecule has 1 N–H and O–H groups in total. The van der Waals surface area contributed by atoms with Crippen molar-refractivity contribution < 1.29 is 26.0 Å². The molecule has 0 aliphatic heterocycles. The molecule has 0 unspecified atom stereocenters. The van der Waals surface area contributed by atoms with Crippen LogP contribution < -0.4 is 4.72 Å². The van der Waals surface area contributed by atoms with Crippen LogP contribution in [-0.4, -0.2) is 14.7 Å². The SMILES string of the molecule is CS(=O)(=O)Nc1ccc(-c2ccc(C(F)(F)F)cc2)c(F)c1. The number of alkyl halides is 3. The van der Waals surface area contributed by atoms with Gasteiger partial charge in [0.05, 0.1) is 17.5 Å². The molecule has 0 atom stereocenters. The van der Waals surface area contributed by atoms with E-state index in [-0.39, 0.29) is 16.8 Å². The van der Waals surface area contributed by atoms with Crippen molar-refractivity contribution in [2.75, 3.05) is 11.0 Å². The lowest BCUT2D eigenvalue weighted by Gasteiger charge is -2.10. The van der Waals surface area contributed by atoms with Gasteiger partial charge in [0.1, 0.15) is 5.82 Å². The number of nitrogens with one attached hydrogen (secondary N) is 1. The highest BCUT2D eigenvalue weighted by atomic mass is 32.2. The van der Waals surface area contributed by atoms with Crippen LogP contribution in [-0.2, 0) is 16.2 Å². The lowest BCUT2D eigenvalue weighted by Crippen LogP contribution is -2.09. The van der Waals surface area contributed by atoms with Crippen LogP contribution in [0.3, 0.4) is 0 Å². The molecule has 0 amide bonds. The minimum Gasteiger partial charge on any atom is -0.284 e. The maximum Gasteiger partial charge on any atom is 0.416 e. The van der Waals surface area contributed by atoms with Gasteiger partial charge in [-0.1, -0.05) is 12.1 Å². The average Bonchev–Trinajstić information content (AvgIpc) is 2.36. The number of halogens is 4. The van der Waals surface area contributed by atoms with E-state index < -0.39 is 27.6 Å². The first-order valence-electron chi connectivity index (χ1n) is 6.01. The lowest BCUT2D eigenvalue weighted by atomic mass is 10.0. The molecule has 3 nitrogen and oxygen atoms in total. The smallest absolute Gasteiger partial charge is 0.284 e. The fourth-order valence-electron chi connectivity index (χ4n) is 1.87. The highest BCUT2D eigenvalue weighted by Gasteiger charge is 2.30. The molecule has 0 fully saturated rings. The first-order chi connectivity index (χ1) is 10.1. The van der Waals surface area contributed by atoms with Crippen LogP contribution in [0.15, 0.2) is 42.5 Å². The van der Waals surface area contributed by atoms with Crippen molar-refractivity contribution in [2.24, 2.45) is 0 Å². The fraction of sp³-hybridized carbons (Fsp3) is 0.143. The molecule has 2 aromatic rings. The molecule has 0 aliphatic carbocycles. The maximum absolute atomic E-state index is 14.0. The van der Waals surface area contributed by atoms with Gasteiger partial charge in [0, 0.05) is 5.56 Å². The third kappa shape index (κ3) is 3.97. The van der Waals surface area contributed by atoms with Gasteiger partial charge in [-0.05, 0) is 35.9 Å². The molecular weight excluding hydrogens is 322 g/mol. The highest BCUT2D eigenvalue weighted by Crippen LogP contribution is 2.32. The standard InChI is InChI=1S/C14H11F4NO2S/c1-22(20,21)19-11-6-7-12(13(15)8-11)9-2-4-10(5-3-9)14(16,17)18/h2-8,19H,1H3. The van der Waals surface area contributed by atoms with Crippen molar-refractivity contribution >= 4 is 15.7 Å². The summed E-state index contributed by atoms with van der Waals surface area (Å²) in [6.45, 7) is 0. The number of rotatable bonds is 3. The van der Waals surface area contributed by atoms with Crippen molar-refractivity contribution in [3.63, 3.8) is 0 Å². The molecule has 2 aromatic carbocycles. The van der Waals surface area contributed by atoms with Crippen molar-refractivity contribution in [2.45, 2.75) is 6.18 Å². The second-order valence-electron chi connectivity index (χ2n) is 4.64. The van der Waals surface area contributed by atoms with Gasteiger partial charge in [0.2, 0.25) is 10.0 Å². The molecule has 118 valence electrons. The van der Waals surface area contributed by atoms with Crippen molar-refractivity contribution in [1.29, 1.82) is 0 Å². The second kappa shape index (κ2) is 5.60. The van der Waals surface area contributed by atoms with Gasteiger partial charge < -0.3 is 0 Å². The molecule has 0 heterocycles. The second-order valence-corrected chi connectivity index (χ2v) is 6.39. The van der Waals surface area contributed by atoms with Crippen molar-refractivity contribution in [3.05, 3.63) is 53.8 Å². The molecular formula is C14H11F4NO2S. The molecule has 2 rings (SSSR count). The van der Waals surface area contributed by atoms with Crippen LogP contribution in [0.5, 0.6) is 0 Å². The molecule has 0 bridgehead atoms. The summed E-state index contributed by atoms with van der Waals surface area (Å²) in [5.41, 5.74) is -0.452. The summed E-state index contributed by atoms with van der Waals surface area (Å²) in [7, 11) is -3.54. The van der Waals surface area contributed by atoms with Gasteiger partial charge in [-0.15, -0.1) is 0 Å². The molecule has 0 saturated heterocycles. The summed E-state index contributed by atoms with van der Waals surface area (Å²) in [4.78, 5) is 0. The Morgan fingerprint density at radius 3 is 2.05 bits per heavy atom. The third-order valence-electron chi connectivity index (χ3n) is 2.80. The van der Waals surface area contributed by atoms with Gasteiger partial charge in [-0.3, -0.25) is 4.72 Å². The van der Waals surface area contributed by atoms with Crippen LogP contribution >= 0.6 is 0 Å². The molecule has 0 radical (unpaired) electrons. The number of anilines is 1. The largest absolute Gasteiger partial charge is 0.416 e. The summed E-state index contributed by atoms with van der Waals surface area (Å²) in [5, 5.41) is 0. The number of benzene rings is 2. The lowest BCUT2D eigenvalue weighted by molar-refractivity contribution is -0.137. The van der Waals surface area contributed by atoms with Gasteiger partial charge >= 0.3 is 6.18 Å². The Morgan fingerprint density at radius 1 is 1.00 bits per heavy atom. The summed E-state index contributed by atoms with van der Waals surface area (Å²) in [5.74, 6) is -0.742. The molecule has 0 aromatic heterocycles. The number of sulfonamides is 1. The highest BCUT2D eigenvalue weighted by molar-refractivity contribution is 7.92. The van der Waals surface area contributed by atoms with Crippen molar-refractivity contribution in [1.82, 2.24) is 0 Å². The first-order valence-corrected chi connectivity index (χ1v) is 7.90. The molecule has 22 heavy (non-hydrogen) atoms. The zero-order valence-corrected chi connectivity index (χ0v) is 12.1. The Hall–Kier alpha value is -2.09. The minimum atomic E-state index is -4.46. The Labute approximate surface area is 124 Å².